The molecule has 0 bridgehead atoms. The number of hydrogen-bond acceptors (Lipinski definition) is 2. The Kier molecular flexibility index (Phi) is 3.48. The van der Waals surface area contributed by atoms with Gasteiger partial charge in [-0.25, -0.2) is 9.78 Å². The molecule has 0 unspecified atom stereocenters. The summed E-state index contributed by atoms with van der Waals surface area (Å²) in [7, 11) is 0. The van der Waals surface area contributed by atoms with Crippen molar-refractivity contribution in [2.75, 3.05) is 0 Å². The fourth-order valence-electron chi connectivity index (χ4n) is 1.62. The van der Waals surface area contributed by atoms with Crippen molar-refractivity contribution in [1.82, 2.24) is 9.55 Å². The number of aromatic nitrogens is 2. The molecule has 0 radical (unpaired) electrons. The van der Waals surface area contributed by atoms with E-state index in [1.807, 2.05) is 23.8 Å². The van der Waals surface area contributed by atoms with Crippen LogP contribution in [0.2, 0.25) is 5.02 Å². The van der Waals surface area contributed by atoms with Gasteiger partial charge in [-0.15, -0.1) is 0 Å². The van der Waals surface area contributed by atoms with Gasteiger partial charge in [0.1, 0.15) is 5.82 Å². The second-order valence-corrected chi connectivity index (χ2v) is 4.13. The number of imidazole rings is 1. The number of carboxylic acids is 1. The highest BCUT2D eigenvalue weighted by Gasteiger charge is 2.05. The maximum absolute atomic E-state index is 10.4. The summed E-state index contributed by atoms with van der Waals surface area (Å²) < 4.78 is 1.87. The van der Waals surface area contributed by atoms with Crippen LogP contribution in [0.25, 0.3) is 11.8 Å². The van der Waals surface area contributed by atoms with Gasteiger partial charge in [0, 0.05) is 18.5 Å². The van der Waals surface area contributed by atoms with Gasteiger partial charge in [-0.3, -0.25) is 0 Å². The van der Waals surface area contributed by atoms with E-state index in [0.29, 0.717) is 5.02 Å². The van der Waals surface area contributed by atoms with Crippen LogP contribution in [-0.4, -0.2) is 20.6 Å². The second kappa shape index (κ2) is 5.06. The second-order valence-electron chi connectivity index (χ2n) is 3.73. The fourth-order valence-corrected chi connectivity index (χ4v) is 1.90. The first-order valence-electron chi connectivity index (χ1n) is 5.29. The van der Waals surface area contributed by atoms with E-state index in [0.717, 1.165) is 23.2 Å². The predicted octanol–water partition coefficient (Wildman–Crippen LogP) is 2.93. The Hall–Kier alpha value is -2.07. The summed E-state index contributed by atoms with van der Waals surface area (Å²) in [4.78, 5) is 14.6. The number of carboxylic acid groups (broad SMARTS) is 1. The number of hydrogen-bond donors (Lipinski definition) is 1. The zero-order valence-electron chi connectivity index (χ0n) is 9.67. The summed E-state index contributed by atoms with van der Waals surface area (Å²) in [6.45, 7) is 1.88. The third kappa shape index (κ3) is 2.60. The van der Waals surface area contributed by atoms with E-state index in [2.05, 4.69) is 4.98 Å². The average molecular weight is 263 g/mol. The summed E-state index contributed by atoms with van der Waals surface area (Å²) in [6, 6.07) is 5.36. The van der Waals surface area contributed by atoms with Gasteiger partial charge < -0.3 is 9.67 Å². The molecular formula is C13H11ClN2O2. The summed E-state index contributed by atoms with van der Waals surface area (Å²) in [5.41, 5.74) is 1.56. The van der Waals surface area contributed by atoms with Crippen LogP contribution in [0.5, 0.6) is 0 Å². The maximum Gasteiger partial charge on any atom is 0.328 e. The van der Waals surface area contributed by atoms with Crippen molar-refractivity contribution in [3.05, 3.63) is 53.1 Å². The van der Waals surface area contributed by atoms with Gasteiger partial charge in [-0.2, -0.15) is 0 Å². The van der Waals surface area contributed by atoms with Gasteiger partial charge in [0.2, 0.25) is 0 Å². The Morgan fingerprint density at radius 1 is 1.50 bits per heavy atom. The summed E-state index contributed by atoms with van der Waals surface area (Å²) >= 11 is 6.18. The van der Waals surface area contributed by atoms with Crippen LogP contribution in [0.3, 0.4) is 0 Å². The Morgan fingerprint density at radius 3 is 2.83 bits per heavy atom. The molecule has 1 N–H and O–H groups in total. The number of benzene rings is 1. The zero-order valence-corrected chi connectivity index (χ0v) is 10.4. The van der Waals surface area contributed by atoms with Crippen LogP contribution < -0.4 is 0 Å². The van der Waals surface area contributed by atoms with Crippen LogP contribution >= 0.6 is 11.6 Å². The van der Waals surface area contributed by atoms with E-state index in [-0.39, 0.29) is 0 Å². The molecule has 2 rings (SSSR count). The van der Waals surface area contributed by atoms with Crippen LogP contribution in [0.4, 0.5) is 0 Å². The van der Waals surface area contributed by atoms with E-state index in [1.165, 1.54) is 6.08 Å². The lowest BCUT2D eigenvalue weighted by Crippen LogP contribution is -1.96. The van der Waals surface area contributed by atoms with Crippen molar-refractivity contribution in [1.29, 1.82) is 0 Å². The average Bonchev–Trinajstić information content (AvgIpc) is 2.73. The molecular weight excluding hydrogens is 252 g/mol. The van der Waals surface area contributed by atoms with E-state index in [4.69, 9.17) is 16.7 Å². The molecule has 0 aliphatic carbocycles. The fraction of sp³-hybridized carbons (Fsp3) is 0.0769. The summed E-state index contributed by atoms with van der Waals surface area (Å²) in [6.07, 6.45) is 6.10. The van der Waals surface area contributed by atoms with Crippen LogP contribution in [0, 0.1) is 6.92 Å². The molecule has 0 aliphatic rings. The molecule has 0 saturated heterocycles. The van der Waals surface area contributed by atoms with Crippen LogP contribution in [0.1, 0.15) is 11.4 Å². The minimum absolute atomic E-state index is 0.545. The largest absolute Gasteiger partial charge is 0.478 e. The van der Waals surface area contributed by atoms with E-state index >= 15 is 0 Å². The van der Waals surface area contributed by atoms with Crippen molar-refractivity contribution in [2.24, 2.45) is 0 Å². The smallest absolute Gasteiger partial charge is 0.328 e. The molecule has 1 aromatic carbocycles. The molecule has 0 aliphatic heterocycles. The lowest BCUT2D eigenvalue weighted by Gasteiger charge is -2.08. The topological polar surface area (TPSA) is 55.1 Å². The Bertz CT molecular complexity index is 617. The summed E-state index contributed by atoms with van der Waals surface area (Å²) in [5, 5.41) is 9.10. The van der Waals surface area contributed by atoms with Gasteiger partial charge in [-0.05, 0) is 30.7 Å². The number of carbonyl (C=O) groups is 1. The van der Waals surface area contributed by atoms with Gasteiger partial charge in [0.15, 0.2) is 0 Å². The first-order valence-corrected chi connectivity index (χ1v) is 5.66. The molecule has 4 nitrogen and oxygen atoms in total. The Balaban J connectivity index is 2.37. The SMILES string of the molecule is Cc1nccn1-c1ccc(/C=C/C(=O)O)cc1Cl. The highest BCUT2D eigenvalue weighted by atomic mass is 35.5. The standard InChI is InChI=1S/C13H11ClN2O2/c1-9-15-6-7-16(9)12-4-2-10(8-11(12)14)3-5-13(17)18/h2-8H,1H3,(H,17,18)/b5-3+. The molecule has 0 saturated carbocycles. The first kappa shape index (κ1) is 12.4. The molecule has 0 atom stereocenters. The van der Waals surface area contributed by atoms with Crippen LogP contribution in [0.15, 0.2) is 36.7 Å². The van der Waals surface area contributed by atoms with Crippen molar-refractivity contribution in [3.8, 4) is 5.69 Å². The normalized spacial score (nSPS) is 11.0. The van der Waals surface area contributed by atoms with E-state index in [1.54, 1.807) is 18.3 Å². The predicted molar refractivity (Wildman–Crippen MR) is 70.0 cm³/mol. The first-order chi connectivity index (χ1) is 8.58. The molecule has 1 heterocycles. The molecule has 92 valence electrons. The monoisotopic (exact) mass is 262 g/mol. The number of halogens is 1. The van der Waals surface area contributed by atoms with Crippen molar-refractivity contribution in [3.63, 3.8) is 0 Å². The highest BCUT2D eigenvalue weighted by Crippen LogP contribution is 2.23. The van der Waals surface area contributed by atoms with E-state index < -0.39 is 5.97 Å². The molecule has 18 heavy (non-hydrogen) atoms. The Morgan fingerprint density at radius 2 is 2.28 bits per heavy atom. The number of rotatable bonds is 3. The van der Waals surface area contributed by atoms with Crippen molar-refractivity contribution < 1.29 is 9.90 Å². The highest BCUT2D eigenvalue weighted by molar-refractivity contribution is 6.32. The number of aliphatic carboxylic acids is 1. The minimum Gasteiger partial charge on any atom is -0.478 e. The van der Waals surface area contributed by atoms with Crippen molar-refractivity contribution >= 4 is 23.6 Å². The van der Waals surface area contributed by atoms with Crippen molar-refractivity contribution in [2.45, 2.75) is 6.92 Å². The molecule has 5 heteroatoms. The third-order valence-electron chi connectivity index (χ3n) is 2.48. The zero-order chi connectivity index (χ0) is 13.1. The molecule has 1 aromatic heterocycles. The number of aryl methyl sites for hydroxylation is 1. The third-order valence-corrected chi connectivity index (χ3v) is 2.78. The van der Waals surface area contributed by atoms with Crippen LogP contribution in [-0.2, 0) is 4.79 Å². The van der Waals surface area contributed by atoms with E-state index in [9.17, 15) is 4.79 Å². The lowest BCUT2D eigenvalue weighted by atomic mass is 10.2. The molecule has 0 fully saturated rings. The molecule has 0 spiro atoms. The quantitative estimate of drug-likeness (QED) is 0.866. The van der Waals surface area contributed by atoms with Gasteiger partial charge in [0.25, 0.3) is 0 Å². The lowest BCUT2D eigenvalue weighted by molar-refractivity contribution is -0.131. The van der Waals surface area contributed by atoms with Gasteiger partial charge in [-0.1, -0.05) is 17.7 Å². The summed E-state index contributed by atoms with van der Waals surface area (Å²) in [5.74, 6) is -0.147. The van der Waals surface area contributed by atoms with Gasteiger partial charge in [0.05, 0.1) is 10.7 Å². The number of nitrogens with zero attached hydrogens (tertiary/aromatic N) is 2. The Labute approximate surface area is 109 Å². The molecule has 2 aromatic rings. The molecule has 0 amide bonds. The maximum atomic E-state index is 10.4. The minimum atomic E-state index is -0.986. The van der Waals surface area contributed by atoms with Gasteiger partial charge >= 0.3 is 5.97 Å².